The van der Waals surface area contributed by atoms with Crippen LogP contribution in [0.1, 0.15) is 40.7 Å². The van der Waals surface area contributed by atoms with Crippen LogP contribution in [0.5, 0.6) is 0 Å². The van der Waals surface area contributed by atoms with E-state index in [0.717, 1.165) is 12.8 Å². The van der Waals surface area contributed by atoms with Crippen molar-refractivity contribution < 1.29 is 35.9 Å². The lowest BCUT2D eigenvalue weighted by molar-refractivity contribution is -0.143. The summed E-state index contributed by atoms with van der Waals surface area (Å²) in [4.78, 5) is 23.4. The maximum Gasteiger partial charge on any atom is 0.416 e. The van der Waals surface area contributed by atoms with Crippen LogP contribution < -0.4 is 11.1 Å². The quantitative estimate of drug-likeness (QED) is 0.784. The van der Waals surface area contributed by atoms with Gasteiger partial charge in [-0.1, -0.05) is 12.8 Å². The Balaban J connectivity index is 2.32. The first-order valence-corrected chi connectivity index (χ1v) is 7.27. The maximum atomic E-state index is 12.8. The molecule has 1 aliphatic carbocycles. The Morgan fingerprint density at radius 3 is 1.88 bits per heavy atom. The van der Waals surface area contributed by atoms with E-state index in [0.29, 0.717) is 12.1 Å². The molecule has 1 atom stereocenters. The van der Waals surface area contributed by atoms with Crippen LogP contribution in [0.25, 0.3) is 0 Å². The van der Waals surface area contributed by atoms with E-state index in [2.05, 4.69) is 5.32 Å². The Morgan fingerprint density at radius 2 is 1.52 bits per heavy atom. The SMILES string of the molecule is NC(=O)[C@@H](CC1CC1)NC(=O)c1cc(C(F)(F)F)cc(C(F)(F)F)c1. The van der Waals surface area contributed by atoms with Crippen LogP contribution in [-0.4, -0.2) is 17.9 Å². The number of hydrogen-bond donors (Lipinski definition) is 2. The Bertz CT molecular complexity index is 647. The third-order valence-corrected chi connectivity index (χ3v) is 3.76. The van der Waals surface area contributed by atoms with E-state index in [9.17, 15) is 35.9 Å². The highest BCUT2D eigenvalue weighted by Crippen LogP contribution is 2.36. The Hall–Kier alpha value is -2.26. The molecule has 10 heteroatoms. The Morgan fingerprint density at radius 1 is 1.04 bits per heavy atom. The van der Waals surface area contributed by atoms with Crippen molar-refractivity contribution in [2.45, 2.75) is 37.7 Å². The Labute approximate surface area is 138 Å². The highest BCUT2D eigenvalue weighted by atomic mass is 19.4. The van der Waals surface area contributed by atoms with Crippen molar-refractivity contribution in [3.8, 4) is 0 Å². The zero-order chi connectivity index (χ0) is 19.0. The number of carbonyl (C=O) groups excluding carboxylic acids is 2. The average Bonchev–Trinajstić information content (AvgIpc) is 3.28. The van der Waals surface area contributed by atoms with E-state index in [-0.39, 0.29) is 18.4 Å². The molecule has 2 rings (SSSR count). The first kappa shape index (κ1) is 19.1. The van der Waals surface area contributed by atoms with Gasteiger partial charge in [-0.2, -0.15) is 26.3 Å². The second-order valence-electron chi connectivity index (χ2n) is 5.90. The first-order chi connectivity index (χ1) is 11.4. The summed E-state index contributed by atoms with van der Waals surface area (Å²) < 4.78 is 76.8. The summed E-state index contributed by atoms with van der Waals surface area (Å²) in [6, 6.07) is -0.615. The van der Waals surface area contributed by atoms with Gasteiger partial charge in [0.1, 0.15) is 6.04 Å². The van der Waals surface area contributed by atoms with Crippen molar-refractivity contribution in [1.82, 2.24) is 5.32 Å². The molecule has 1 saturated carbocycles. The summed E-state index contributed by atoms with van der Waals surface area (Å²) in [6.45, 7) is 0. The fraction of sp³-hybridized carbons (Fsp3) is 0.467. The molecule has 4 nitrogen and oxygen atoms in total. The van der Waals surface area contributed by atoms with Crippen LogP contribution in [0, 0.1) is 5.92 Å². The molecule has 0 bridgehead atoms. The first-order valence-electron chi connectivity index (χ1n) is 7.27. The van der Waals surface area contributed by atoms with Crippen LogP contribution in [0.2, 0.25) is 0 Å². The average molecular weight is 368 g/mol. The minimum atomic E-state index is -5.06. The molecule has 25 heavy (non-hydrogen) atoms. The lowest BCUT2D eigenvalue weighted by Crippen LogP contribution is -2.44. The van der Waals surface area contributed by atoms with E-state index in [1.165, 1.54) is 0 Å². The van der Waals surface area contributed by atoms with Crippen molar-refractivity contribution in [1.29, 1.82) is 0 Å². The number of amides is 2. The minimum absolute atomic E-state index is 0.0768. The molecule has 1 aromatic rings. The molecule has 0 saturated heterocycles. The van der Waals surface area contributed by atoms with Gasteiger partial charge in [0.05, 0.1) is 11.1 Å². The van der Waals surface area contributed by atoms with Gasteiger partial charge in [-0.25, -0.2) is 0 Å². The predicted molar refractivity (Wildman–Crippen MR) is 74.2 cm³/mol. The molecule has 1 fully saturated rings. The largest absolute Gasteiger partial charge is 0.416 e. The van der Waals surface area contributed by atoms with Crippen molar-refractivity contribution in [3.63, 3.8) is 0 Å². The number of nitrogens with two attached hydrogens (primary N) is 1. The summed E-state index contributed by atoms with van der Waals surface area (Å²) >= 11 is 0. The molecule has 1 aliphatic rings. The standard InChI is InChI=1S/C15H14F6N2O2/c16-14(17,18)9-4-8(5-10(6-9)15(19,20)21)13(25)23-11(12(22)24)3-7-1-2-7/h4-7,11H,1-3H2,(H2,22,24)(H,23,25)/t11-/m1/s1. The topological polar surface area (TPSA) is 72.2 Å². The van der Waals surface area contributed by atoms with Gasteiger partial charge in [-0.05, 0) is 30.5 Å². The number of benzene rings is 1. The molecule has 138 valence electrons. The third-order valence-electron chi connectivity index (χ3n) is 3.76. The van der Waals surface area contributed by atoms with Gasteiger partial charge in [-0.3, -0.25) is 9.59 Å². The van der Waals surface area contributed by atoms with Gasteiger partial charge in [0.25, 0.3) is 5.91 Å². The monoisotopic (exact) mass is 368 g/mol. The number of halogens is 6. The van der Waals surface area contributed by atoms with Gasteiger partial charge in [0, 0.05) is 5.56 Å². The molecular formula is C15H14F6N2O2. The molecule has 0 radical (unpaired) electrons. The number of carbonyl (C=O) groups is 2. The normalized spacial score (nSPS) is 16.4. The summed E-state index contributed by atoms with van der Waals surface area (Å²) in [6.07, 6.45) is -8.28. The molecular weight excluding hydrogens is 354 g/mol. The summed E-state index contributed by atoms with van der Waals surface area (Å²) in [5.74, 6) is -1.96. The van der Waals surface area contributed by atoms with Gasteiger partial charge >= 0.3 is 12.4 Å². The summed E-state index contributed by atoms with van der Waals surface area (Å²) in [5, 5.41) is 2.11. The minimum Gasteiger partial charge on any atom is -0.368 e. The van der Waals surface area contributed by atoms with E-state index < -0.39 is 46.9 Å². The predicted octanol–water partition coefficient (Wildman–Crippen LogP) is 3.11. The van der Waals surface area contributed by atoms with Gasteiger partial charge in [0.2, 0.25) is 5.91 Å². The Kier molecular flexibility index (Phi) is 5.01. The number of hydrogen-bond acceptors (Lipinski definition) is 2. The van der Waals surface area contributed by atoms with Crippen LogP contribution in [-0.2, 0) is 17.1 Å². The highest BCUT2D eigenvalue weighted by Gasteiger charge is 2.38. The lowest BCUT2D eigenvalue weighted by atomic mass is 10.0. The van der Waals surface area contributed by atoms with Crippen molar-refractivity contribution >= 4 is 11.8 Å². The van der Waals surface area contributed by atoms with Crippen LogP contribution in [0.15, 0.2) is 18.2 Å². The molecule has 0 spiro atoms. The lowest BCUT2D eigenvalue weighted by Gasteiger charge is -2.17. The van der Waals surface area contributed by atoms with E-state index in [1.807, 2.05) is 0 Å². The molecule has 0 unspecified atom stereocenters. The number of rotatable bonds is 5. The highest BCUT2D eigenvalue weighted by molar-refractivity contribution is 5.97. The summed E-state index contributed by atoms with van der Waals surface area (Å²) in [7, 11) is 0. The third kappa shape index (κ3) is 5.10. The molecule has 0 heterocycles. The summed E-state index contributed by atoms with van der Waals surface area (Å²) in [5.41, 5.74) is 1.07. The van der Waals surface area contributed by atoms with Gasteiger partial charge in [-0.15, -0.1) is 0 Å². The maximum absolute atomic E-state index is 12.8. The number of nitrogens with one attached hydrogen (secondary N) is 1. The van der Waals surface area contributed by atoms with Gasteiger partial charge < -0.3 is 11.1 Å². The van der Waals surface area contributed by atoms with Gasteiger partial charge in [0.15, 0.2) is 0 Å². The smallest absolute Gasteiger partial charge is 0.368 e. The number of primary amides is 1. The van der Waals surface area contributed by atoms with E-state index in [1.54, 1.807) is 0 Å². The molecule has 0 aromatic heterocycles. The molecule has 0 aliphatic heterocycles. The van der Waals surface area contributed by atoms with Crippen molar-refractivity contribution in [3.05, 3.63) is 34.9 Å². The molecule has 3 N–H and O–H groups in total. The van der Waals surface area contributed by atoms with Crippen LogP contribution in [0.4, 0.5) is 26.3 Å². The zero-order valence-electron chi connectivity index (χ0n) is 12.7. The number of alkyl halides is 6. The fourth-order valence-electron chi connectivity index (χ4n) is 2.26. The van der Waals surface area contributed by atoms with E-state index >= 15 is 0 Å². The van der Waals surface area contributed by atoms with E-state index in [4.69, 9.17) is 5.73 Å². The second kappa shape index (κ2) is 6.57. The van der Waals surface area contributed by atoms with Crippen LogP contribution >= 0.6 is 0 Å². The zero-order valence-corrected chi connectivity index (χ0v) is 12.7. The van der Waals surface area contributed by atoms with Crippen molar-refractivity contribution in [2.75, 3.05) is 0 Å². The second-order valence-corrected chi connectivity index (χ2v) is 5.90. The molecule has 1 aromatic carbocycles. The van der Waals surface area contributed by atoms with Crippen molar-refractivity contribution in [2.24, 2.45) is 11.7 Å². The fourth-order valence-corrected chi connectivity index (χ4v) is 2.26. The molecule has 2 amide bonds. The van der Waals surface area contributed by atoms with Crippen LogP contribution in [0.3, 0.4) is 0 Å².